The first-order valence-electron chi connectivity index (χ1n) is 7.31. The van der Waals surface area contributed by atoms with E-state index in [4.69, 9.17) is 23.2 Å². The smallest absolute Gasteiger partial charge is 0.287 e. The summed E-state index contributed by atoms with van der Waals surface area (Å²) in [4.78, 5) is 14.1. The fourth-order valence-corrected chi connectivity index (χ4v) is 3.20. The lowest BCUT2D eigenvalue weighted by Gasteiger charge is -2.35. The average molecular weight is 344 g/mol. The highest BCUT2D eigenvalue weighted by Crippen LogP contribution is 2.29. The van der Waals surface area contributed by atoms with Crippen molar-refractivity contribution in [3.63, 3.8) is 0 Å². The molecule has 1 aliphatic carbocycles. The van der Waals surface area contributed by atoms with E-state index in [0.717, 1.165) is 19.3 Å². The fraction of sp³-hybridized carbons (Fsp3) is 0.467. The van der Waals surface area contributed by atoms with Gasteiger partial charge in [0.15, 0.2) is 0 Å². The quantitative estimate of drug-likeness (QED) is 0.821. The topological polar surface area (TPSA) is 38.1 Å². The minimum Gasteiger partial charge on any atom is -0.369 e. The summed E-state index contributed by atoms with van der Waals surface area (Å²) < 4.78 is 15.3. The molecule has 0 bridgehead atoms. The van der Waals surface area contributed by atoms with Crippen LogP contribution in [0.2, 0.25) is 10.0 Å². The summed E-state index contributed by atoms with van der Waals surface area (Å²) in [6, 6.07) is -0.0326. The molecule has 0 N–H and O–H groups in total. The van der Waals surface area contributed by atoms with Gasteiger partial charge in [0.1, 0.15) is 10.8 Å². The zero-order chi connectivity index (χ0) is 15.7. The van der Waals surface area contributed by atoms with E-state index >= 15 is 0 Å². The molecule has 0 amide bonds. The van der Waals surface area contributed by atoms with E-state index < -0.39 is 0 Å². The lowest BCUT2D eigenvalue weighted by molar-refractivity contribution is 0.213. The Labute approximate surface area is 137 Å². The first-order valence-corrected chi connectivity index (χ1v) is 8.06. The molecule has 1 aliphatic heterocycles. The molecule has 3 rings (SSSR count). The molecule has 0 spiro atoms. The van der Waals surface area contributed by atoms with Crippen LogP contribution in [0.5, 0.6) is 0 Å². The number of piperidine rings is 1. The van der Waals surface area contributed by atoms with E-state index in [1.54, 1.807) is 0 Å². The highest BCUT2D eigenvalue weighted by atomic mass is 35.5. The first kappa shape index (κ1) is 15.6. The van der Waals surface area contributed by atoms with Crippen LogP contribution in [-0.4, -0.2) is 27.8 Å². The van der Waals surface area contributed by atoms with Crippen LogP contribution < -0.4 is 5.56 Å². The molecule has 1 saturated heterocycles. The maximum absolute atomic E-state index is 13.9. The van der Waals surface area contributed by atoms with Crippen LogP contribution in [0.15, 0.2) is 34.7 Å². The highest BCUT2D eigenvalue weighted by Gasteiger charge is 2.25. The Morgan fingerprint density at radius 3 is 2.68 bits per heavy atom. The molecule has 4 nitrogen and oxygen atoms in total. The van der Waals surface area contributed by atoms with Gasteiger partial charge in [0.25, 0.3) is 5.56 Å². The van der Waals surface area contributed by atoms with Crippen LogP contribution in [0.3, 0.4) is 0 Å². The molecule has 1 aromatic heterocycles. The largest absolute Gasteiger partial charge is 0.369 e. The maximum atomic E-state index is 13.9. The second kappa shape index (κ2) is 6.42. The monoisotopic (exact) mass is 343 g/mol. The highest BCUT2D eigenvalue weighted by molar-refractivity contribution is 6.41. The standard InChI is InChI=1S/C15H16Cl2FN3O/c16-11-9-19-21(15(22)14(11)17)10-5-7-20(8-6-10)13-4-2-1-3-12(13)18/h2,4,9-10H,1,3,5-8H2. The zero-order valence-electron chi connectivity index (χ0n) is 11.9. The van der Waals surface area contributed by atoms with Gasteiger partial charge in [-0.05, 0) is 25.3 Å². The van der Waals surface area contributed by atoms with Crippen molar-refractivity contribution in [2.24, 2.45) is 0 Å². The van der Waals surface area contributed by atoms with Crippen molar-refractivity contribution >= 4 is 23.2 Å². The summed E-state index contributed by atoms with van der Waals surface area (Å²) in [7, 11) is 0. The number of rotatable bonds is 2. The summed E-state index contributed by atoms with van der Waals surface area (Å²) in [5.74, 6) is -0.0502. The molecule has 1 fully saturated rings. The third kappa shape index (κ3) is 2.92. The van der Waals surface area contributed by atoms with E-state index in [1.807, 2.05) is 17.1 Å². The Hall–Kier alpha value is -1.33. The van der Waals surface area contributed by atoms with Gasteiger partial charge < -0.3 is 4.90 Å². The summed E-state index contributed by atoms with van der Waals surface area (Å²) in [5, 5.41) is 4.25. The molecular formula is C15H16Cl2FN3O. The molecular weight excluding hydrogens is 328 g/mol. The Balaban J connectivity index is 1.74. The van der Waals surface area contributed by atoms with E-state index in [1.165, 1.54) is 10.9 Å². The minimum atomic E-state index is -0.365. The van der Waals surface area contributed by atoms with Crippen molar-refractivity contribution < 1.29 is 4.39 Å². The van der Waals surface area contributed by atoms with Crippen molar-refractivity contribution in [2.45, 2.75) is 31.7 Å². The zero-order valence-corrected chi connectivity index (χ0v) is 13.4. The van der Waals surface area contributed by atoms with Crippen molar-refractivity contribution in [3.8, 4) is 0 Å². The van der Waals surface area contributed by atoms with E-state index in [2.05, 4.69) is 5.10 Å². The van der Waals surface area contributed by atoms with Crippen LogP contribution in [0.4, 0.5) is 4.39 Å². The molecule has 118 valence electrons. The van der Waals surface area contributed by atoms with Crippen molar-refractivity contribution in [2.75, 3.05) is 13.1 Å². The van der Waals surface area contributed by atoms with Gasteiger partial charge in [-0.3, -0.25) is 4.79 Å². The summed E-state index contributed by atoms with van der Waals surface area (Å²) >= 11 is 11.7. The minimum absolute atomic E-state index is 0.00284. The molecule has 2 aliphatic rings. The number of hydrogen-bond acceptors (Lipinski definition) is 3. The van der Waals surface area contributed by atoms with E-state index in [9.17, 15) is 9.18 Å². The molecule has 7 heteroatoms. The SMILES string of the molecule is O=c1c(Cl)c(Cl)cnn1C1CCN(C2=C(F)CCC=C2)CC1. The molecule has 0 aromatic carbocycles. The van der Waals surface area contributed by atoms with Gasteiger partial charge in [-0.15, -0.1) is 0 Å². The Bertz CT molecular complexity index is 691. The van der Waals surface area contributed by atoms with Gasteiger partial charge >= 0.3 is 0 Å². The third-order valence-electron chi connectivity index (χ3n) is 4.14. The number of aromatic nitrogens is 2. The average Bonchev–Trinajstić information content (AvgIpc) is 2.54. The maximum Gasteiger partial charge on any atom is 0.287 e. The Kier molecular flexibility index (Phi) is 4.54. The van der Waals surface area contributed by atoms with Gasteiger partial charge in [-0.1, -0.05) is 29.3 Å². The second-order valence-corrected chi connectivity index (χ2v) is 6.29. The number of halogens is 3. The molecule has 0 saturated carbocycles. The van der Waals surface area contributed by atoms with Crippen molar-refractivity contribution in [1.82, 2.24) is 14.7 Å². The number of hydrogen-bond donors (Lipinski definition) is 0. The van der Waals surface area contributed by atoms with Gasteiger partial charge in [0.05, 0.1) is 23.0 Å². The van der Waals surface area contributed by atoms with Crippen LogP contribution in [-0.2, 0) is 0 Å². The molecule has 0 radical (unpaired) electrons. The number of likely N-dealkylation sites (tertiary alicyclic amines) is 1. The second-order valence-electron chi connectivity index (χ2n) is 5.51. The third-order valence-corrected chi connectivity index (χ3v) is 4.88. The normalized spacial score (nSPS) is 19.9. The number of allylic oxidation sites excluding steroid dienone is 3. The van der Waals surface area contributed by atoms with E-state index in [0.29, 0.717) is 25.2 Å². The Morgan fingerprint density at radius 1 is 1.27 bits per heavy atom. The van der Waals surface area contributed by atoms with Gasteiger partial charge in [0, 0.05) is 19.5 Å². The van der Waals surface area contributed by atoms with Crippen LogP contribution in [0.25, 0.3) is 0 Å². The Morgan fingerprint density at radius 2 is 2.00 bits per heavy atom. The van der Waals surface area contributed by atoms with Gasteiger partial charge in [-0.25, -0.2) is 9.07 Å². The molecule has 2 heterocycles. The van der Waals surface area contributed by atoms with Crippen LogP contribution in [0.1, 0.15) is 31.7 Å². The number of nitrogens with zero attached hydrogens (tertiary/aromatic N) is 3. The summed E-state index contributed by atoms with van der Waals surface area (Å²) in [6.07, 6.45) is 7.90. The van der Waals surface area contributed by atoms with Crippen LogP contribution in [0, 0.1) is 0 Å². The molecule has 1 aromatic rings. The predicted molar refractivity (Wildman–Crippen MR) is 84.9 cm³/mol. The van der Waals surface area contributed by atoms with Gasteiger partial charge in [-0.2, -0.15) is 5.10 Å². The molecule has 0 atom stereocenters. The lowest BCUT2D eigenvalue weighted by Crippen LogP contribution is -2.38. The predicted octanol–water partition coefficient (Wildman–Crippen LogP) is 3.72. The molecule has 0 unspecified atom stereocenters. The fourth-order valence-electron chi connectivity index (χ4n) is 2.94. The van der Waals surface area contributed by atoms with Gasteiger partial charge in [0.2, 0.25) is 0 Å². The lowest BCUT2D eigenvalue weighted by atomic mass is 10.0. The summed E-state index contributed by atoms with van der Waals surface area (Å²) in [5.41, 5.74) is 0.315. The molecule has 22 heavy (non-hydrogen) atoms. The summed E-state index contributed by atoms with van der Waals surface area (Å²) in [6.45, 7) is 1.37. The van der Waals surface area contributed by atoms with Crippen molar-refractivity contribution in [1.29, 1.82) is 0 Å². The first-order chi connectivity index (χ1) is 10.6. The van der Waals surface area contributed by atoms with Crippen molar-refractivity contribution in [3.05, 3.63) is 50.3 Å². The van der Waals surface area contributed by atoms with E-state index in [-0.39, 0.29) is 27.5 Å². The van der Waals surface area contributed by atoms with Crippen LogP contribution >= 0.6 is 23.2 Å².